The van der Waals surface area contributed by atoms with E-state index >= 15 is 0 Å². The van der Waals surface area contributed by atoms with Crippen LogP contribution in [0.15, 0.2) is 39.6 Å². The number of nitrogens with zero attached hydrogens (tertiary/aromatic N) is 1. The number of hydrogen-bond acceptors (Lipinski definition) is 3. The lowest BCUT2D eigenvalue weighted by molar-refractivity contribution is 0.0962. The van der Waals surface area contributed by atoms with Crippen molar-refractivity contribution in [3.05, 3.63) is 50.8 Å². The SMILES string of the molecule is O=c1c2ccc(Br)cc2n2c3c(cc(F)cc13)OC(CO)C2. The van der Waals surface area contributed by atoms with E-state index in [4.69, 9.17) is 4.74 Å². The maximum atomic E-state index is 13.8. The first-order valence-corrected chi connectivity index (χ1v) is 7.60. The van der Waals surface area contributed by atoms with Crippen LogP contribution in [-0.4, -0.2) is 22.4 Å². The molecule has 3 aromatic rings. The summed E-state index contributed by atoms with van der Waals surface area (Å²) >= 11 is 3.41. The van der Waals surface area contributed by atoms with Gasteiger partial charge in [0.05, 0.1) is 29.6 Å². The molecular formula is C16H11BrFNO3. The fraction of sp³-hybridized carbons (Fsp3) is 0.188. The second-order valence-corrected chi connectivity index (χ2v) is 6.24. The highest BCUT2D eigenvalue weighted by Gasteiger charge is 2.25. The molecule has 1 aliphatic heterocycles. The smallest absolute Gasteiger partial charge is 0.197 e. The summed E-state index contributed by atoms with van der Waals surface area (Å²) in [6.45, 7) is 0.220. The highest BCUT2D eigenvalue weighted by Crippen LogP contribution is 2.33. The van der Waals surface area contributed by atoms with Gasteiger partial charge in [0.15, 0.2) is 5.43 Å². The van der Waals surface area contributed by atoms with E-state index in [-0.39, 0.29) is 12.0 Å². The number of hydrogen-bond donors (Lipinski definition) is 1. The van der Waals surface area contributed by atoms with Gasteiger partial charge in [-0.15, -0.1) is 0 Å². The number of benzene rings is 2. The monoisotopic (exact) mass is 363 g/mol. The van der Waals surface area contributed by atoms with Gasteiger partial charge in [-0.05, 0) is 24.3 Å². The summed E-state index contributed by atoms with van der Waals surface area (Å²) in [5, 5.41) is 10.2. The van der Waals surface area contributed by atoms with Crippen molar-refractivity contribution in [2.24, 2.45) is 0 Å². The minimum Gasteiger partial charge on any atom is -0.484 e. The first kappa shape index (κ1) is 13.7. The normalized spacial score (nSPS) is 17.0. The first-order chi connectivity index (χ1) is 10.6. The lowest BCUT2D eigenvalue weighted by atomic mass is 10.1. The van der Waals surface area contributed by atoms with Gasteiger partial charge in [-0.25, -0.2) is 4.39 Å². The molecule has 0 saturated carbocycles. The molecule has 0 bridgehead atoms. The van der Waals surface area contributed by atoms with Crippen LogP contribution < -0.4 is 10.2 Å². The van der Waals surface area contributed by atoms with Crippen LogP contribution in [0.3, 0.4) is 0 Å². The van der Waals surface area contributed by atoms with E-state index in [1.54, 1.807) is 12.1 Å². The Morgan fingerprint density at radius 3 is 2.91 bits per heavy atom. The summed E-state index contributed by atoms with van der Waals surface area (Å²) in [6.07, 6.45) is -0.470. The Bertz CT molecular complexity index is 983. The quantitative estimate of drug-likeness (QED) is 0.676. The fourth-order valence-electron chi connectivity index (χ4n) is 3.01. The molecule has 1 aromatic heterocycles. The average Bonchev–Trinajstić information content (AvgIpc) is 2.51. The number of pyridine rings is 1. The van der Waals surface area contributed by atoms with E-state index < -0.39 is 11.9 Å². The van der Waals surface area contributed by atoms with Gasteiger partial charge in [0.1, 0.15) is 17.7 Å². The molecule has 0 fully saturated rings. The van der Waals surface area contributed by atoms with E-state index in [0.717, 1.165) is 9.99 Å². The predicted molar refractivity (Wildman–Crippen MR) is 84.9 cm³/mol. The highest BCUT2D eigenvalue weighted by atomic mass is 79.9. The molecule has 0 radical (unpaired) electrons. The molecule has 2 heterocycles. The van der Waals surface area contributed by atoms with Crippen molar-refractivity contribution in [1.29, 1.82) is 0 Å². The summed E-state index contributed by atoms with van der Waals surface area (Å²) < 4.78 is 22.2. The Hall–Kier alpha value is -1.92. The summed E-state index contributed by atoms with van der Waals surface area (Å²) in [5.74, 6) is -0.236. The Kier molecular flexibility index (Phi) is 2.99. The van der Waals surface area contributed by atoms with E-state index in [1.807, 2.05) is 10.6 Å². The Balaban J connectivity index is 2.25. The Labute approximate surface area is 132 Å². The van der Waals surface area contributed by atoms with E-state index in [1.165, 1.54) is 12.1 Å². The molecule has 4 nitrogen and oxygen atoms in total. The van der Waals surface area contributed by atoms with Gasteiger partial charge in [-0.3, -0.25) is 4.79 Å². The van der Waals surface area contributed by atoms with Crippen molar-refractivity contribution in [2.75, 3.05) is 6.61 Å². The first-order valence-electron chi connectivity index (χ1n) is 6.81. The van der Waals surface area contributed by atoms with Crippen LogP contribution in [0.5, 0.6) is 5.75 Å². The van der Waals surface area contributed by atoms with Crippen molar-refractivity contribution >= 4 is 37.7 Å². The topological polar surface area (TPSA) is 51.5 Å². The van der Waals surface area contributed by atoms with Crippen molar-refractivity contribution in [3.8, 4) is 5.75 Å². The molecule has 0 saturated heterocycles. The van der Waals surface area contributed by atoms with Crippen molar-refractivity contribution in [1.82, 2.24) is 4.57 Å². The highest BCUT2D eigenvalue weighted by molar-refractivity contribution is 9.10. The van der Waals surface area contributed by atoms with Gasteiger partial charge >= 0.3 is 0 Å². The summed E-state index contributed by atoms with van der Waals surface area (Å²) in [7, 11) is 0. The molecule has 0 spiro atoms. The molecule has 1 atom stereocenters. The van der Waals surface area contributed by atoms with E-state index in [2.05, 4.69) is 15.9 Å². The summed E-state index contributed by atoms with van der Waals surface area (Å²) in [6, 6.07) is 7.85. The van der Waals surface area contributed by atoms with Crippen LogP contribution in [0, 0.1) is 5.82 Å². The lowest BCUT2D eigenvalue weighted by Crippen LogP contribution is -2.32. The maximum Gasteiger partial charge on any atom is 0.197 e. The van der Waals surface area contributed by atoms with Gasteiger partial charge in [0, 0.05) is 15.9 Å². The number of rotatable bonds is 1. The Morgan fingerprint density at radius 2 is 2.14 bits per heavy atom. The number of aliphatic hydroxyl groups is 1. The van der Waals surface area contributed by atoms with Gasteiger partial charge in [-0.1, -0.05) is 15.9 Å². The van der Waals surface area contributed by atoms with Gasteiger partial charge in [-0.2, -0.15) is 0 Å². The third kappa shape index (κ3) is 1.87. The molecule has 1 unspecified atom stereocenters. The van der Waals surface area contributed by atoms with Crippen molar-refractivity contribution < 1.29 is 14.2 Å². The zero-order valence-corrected chi connectivity index (χ0v) is 12.9. The van der Waals surface area contributed by atoms with Crippen LogP contribution >= 0.6 is 15.9 Å². The van der Waals surface area contributed by atoms with Crippen LogP contribution in [0.2, 0.25) is 0 Å². The molecule has 0 aliphatic carbocycles. The zero-order valence-electron chi connectivity index (χ0n) is 11.3. The average molecular weight is 364 g/mol. The van der Waals surface area contributed by atoms with Crippen molar-refractivity contribution in [2.45, 2.75) is 12.6 Å². The largest absolute Gasteiger partial charge is 0.484 e. The Morgan fingerprint density at radius 1 is 1.32 bits per heavy atom. The molecule has 1 N–H and O–H groups in total. The van der Waals surface area contributed by atoms with Crippen LogP contribution in [-0.2, 0) is 6.54 Å². The molecule has 4 rings (SSSR count). The second kappa shape index (κ2) is 4.79. The predicted octanol–water partition coefficient (Wildman–Crippen LogP) is 2.81. The van der Waals surface area contributed by atoms with Gasteiger partial charge < -0.3 is 14.4 Å². The van der Waals surface area contributed by atoms with Crippen LogP contribution in [0.1, 0.15) is 0 Å². The standard InChI is InChI=1S/C16H11BrFNO3/c17-8-1-2-11-13(3-8)19-6-10(7-20)22-14-5-9(18)4-12(15(14)19)16(11)21/h1-5,10,20H,6-7H2. The molecular weight excluding hydrogens is 353 g/mol. The maximum absolute atomic E-state index is 13.8. The van der Waals surface area contributed by atoms with E-state index in [9.17, 15) is 14.3 Å². The van der Waals surface area contributed by atoms with Gasteiger partial charge in [0.25, 0.3) is 0 Å². The van der Waals surface area contributed by atoms with Gasteiger partial charge in [0.2, 0.25) is 0 Å². The third-order valence-electron chi connectivity index (χ3n) is 3.93. The number of aromatic nitrogens is 1. The summed E-state index contributed by atoms with van der Waals surface area (Å²) in [5.41, 5.74) is 1.09. The second-order valence-electron chi connectivity index (χ2n) is 5.32. The minimum absolute atomic E-state index is 0.181. The van der Waals surface area contributed by atoms with Crippen LogP contribution in [0.25, 0.3) is 21.8 Å². The molecule has 2 aromatic carbocycles. The number of ether oxygens (including phenoxy) is 1. The van der Waals surface area contributed by atoms with Crippen LogP contribution in [0.4, 0.5) is 4.39 Å². The number of fused-ring (bicyclic) bond motifs is 2. The lowest BCUT2D eigenvalue weighted by Gasteiger charge is -2.28. The number of halogens is 2. The molecule has 22 heavy (non-hydrogen) atoms. The summed E-state index contributed by atoms with van der Waals surface area (Å²) in [4.78, 5) is 12.6. The zero-order chi connectivity index (χ0) is 15.4. The minimum atomic E-state index is -0.527. The molecule has 6 heteroatoms. The van der Waals surface area contributed by atoms with Crippen molar-refractivity contribution in [3.63, 3.8) is 0 Å². The third-order valence-corrected chi connectivity index (χ3v) is 4.43. The van der Waals surface area contributed by atoms with E-state index in [0.29, 0.717) is 28.6 Å². The molecule has 0 amide bonds. The number of aliphatic hydroxyl groups excluding tert-OH is 1. The fourth-order valence-corrected chi connectivity index (χ4v) is 3.36. The molecule has 1 aliphatic rings. The molecule has 112 valence electrons.